The Morgan fingerprint density at radius 3 is 2.94 bits per heavy atom. The first-order valence-corrected chi connectivity index (χ1v) is 5.83. The summed E-state index contributed by atoms with van der Waals surface area (Å²) in [5, 5.41) is 20.7. The molecule has 1 heterocycles. The van der Waals surface area contributed by atoms with Gasteiger partial charge in [-0.1, -0.05) is 17.7 Å². The number of hydrogen-bond donors (Lipinski definition) is 1. The lowest BCUT2D eigenvalue weighted by Crippen LogP contribution is -2.38. The molecule has 1 atom stereocenters. The van der Waals surface area contributed by atoms with Crippen LogP contribution in [0, 0.1) is 10.1 Å². The van der Waals surface area contributed by atoms with Gasteiger partial charge in [0.05, 0.1) is 11.0 Å². The van der Waals surface area contributed by atoms with Crippen LogP contribution in [0.4, 0.5) is 11.4 Å². The van der Waals surface area contributed by atoms with E-state index in [1.807, 2.05) is 4.90 Å². The molecule has 2 rings (SSSR count). The lowest BCUT2D eigenvalue weighted by molar-refractivity contribution is -0.384. The molecule has 1 N–H and O–H groups in total. The second-order valence-corrected chi connectivity index (χ2v) is 4.51. The monoisotopic (exact) mass is 256 g/mol. The van der Waals surface area contributed by atoms with E-state index in [1.165, 1.54) is 6.07 Å². The van der Waals surface area contributed by atoms with Crippen molar-refractivity contribution < 1.29 is 10.0 Å². The van der Waals surface area contributed by atoms with Crippen molar-refractivity contribution in [2.75, 3.05) is 18.0 Å². The maximum Gasteiger partial charge on any atom is 0.310 e. The highest BCUT2D eigenvalue weighted by molar-refractivity contribution is 6.33. The van der Waals surface area contributed by atoms with E-state index in [0.29, 0.717) is 18.8 Å². The van der Waals surface area contributed by atoms with Gasteiger partial charge < -0.3 is 10.0 Å². The Kier molecular flexibility index (Phi) is 3.49. The molecule has 0 amide bonds. The standard InChI is InChI=1S/C11H13ClN2O3/c12-9-4-1-5-10(11(9)14(16)17)13-6-2-3-8(15)7-13/h1,4-5,8,15H,2-3,6-7H2/t8-/m0/s1. The zero-order chi connectivity index (χ0) is 12.4. The molecule has 0 unspecified atom stereocenters. The van der Waals surface area contributed by atoms with Crippen molar-refractivity contribution in [3.05, 3.63) is 33.3 Å². The second kappa shape index (κ2) is 4.89. The third kappa shape index (κ3) is 2.50. The Hall–Kier alpha value is -1.33. The van der Waals surface area contributed by atoms with E-state index in [2.05, 4.69) is 0 Å². The molecule has 1 aliphatic heterocycles. The first kappa shape index (κ1) is 12.1. The zero-order valence-electron chi connectivity index (χ0n) is 9.17. The number of aliphatic hydroxyl groups is 1. The summed E-state index contributed by atoms with van der Waals surface area (Å²) in [5.74, 6) is 0. The Morgan fingerprint density at radius 1 is 1.53 bits per heavy atom. The molecule has 5 nitrogen and oxygen atoms in total. The molecule has 0 aliphatic carbocycles. The van der Waals surface area contributed by atoms with E-state index >= 15 is 0 Å². The third-order valence-electron chi connectivity index (χ3n) is 2.89. The van der Waals surface area contributed by atoms with Crippen molar-refractivity contribution in [2.24, 2.45) is 0 Å². The highest BCUT2D eigenvalue weighted by Crippen LogP contribution is 2.36. The topological polar surface area (TPSA) is 66.6 Å². The molecule has 1 saturated heterocycles. The fourth-order valence-corrected chi connectivity index (χ4v) is 2.35. The smallest absolute Gasteiger partial charge is 0.310 e. The normalized spacial score (nSPS) is 20.4. The van der Waals surface area contributed by atoms with E-state index in [1.54, 1.807) is 12.1 Å². The summed E-state index contributed by atoms with van der Waals surface area (Å²) in [7, 11) is 0. The molecule has 1 aliphatic rings. The average Bonchev–Trinajstić information content (AvgIpc) is 2.28. The molecule has 92 valence electrons. The van der Waals surface area contributed by atoms with Gasteiger partial charge in [-0.3, -0.25) is 10.1 Å². The summed E-state index contributed by atoms with van der Waals surface area (Å²) >= 11 is 5.85. The lowest BCUT2D eigenvalue weighted by Gasteiger charge is -2.31. The van der Waals surface area contributed by atoms with E-state index in [-0.39, 0.29) is 10.7 Å². The number of piperidine rings is 1. The number of aliphatic hydroxyl groups excluding tert-OH is 1. The van der Waals surface area contributed by atoms with Gasteiger partial charge in [-0.25, -0.2) is 0 Å². The van der Waals surface area contributed by atoms with E-state index in [0.717, 1.165) is 12.8 Å². The molecule has 0 aromatic heterocycles. The zero-order valence-corrected chi connectivity index (χ0v) is 9.93. The average molecular weight is 257 g/mol. The Balaban J connectivity index is 2.37. The number of rotatable bonds is 2. The van der Waals surface area contributed by atoms with Crippen LogP contribution in [-0.2, 0) is 0 Å². The third-order valence-corrected chi connectivity index (χ3v) is 3.19. The van der Waals surface area contributed by atoms with Crippen LogP contribution in [0.1, 0.15) is 12.8 Å². The van der Waals surface area contributed by atoms with Gasteiger partial charge in [-0.2, -0.15) is 0 Å². The van der Waals surface area contributed by atoms with Crippen molar-refractivity contribution in [2.45, 2.75) is 18.9 Å². The summed E-state index contributed by atoms with van der Waals surface area (Å²) in [4.78, 5) is 12.3. The maximum absolute atomic E-state index is 11.0. The van der Waals surface area contributed by atoms with Crippen LogP contribution in [0.25, 0.3) is 0 Å². The van der Waals surface area contributed by atoms with E-state index < -0.39 is 11.0 Å². The fraction of sp³-hybridized carbons (Fsp3) is 0.455. The van der Waals surface area contributed by atoms with Crippen LogP contribution in [0.3, 0.4) is 0 Å². The Bertz CT molecular complexity index is 439. The number of hydrogen-bond acceptors (Lipinski definition) is 4. The molecular weight excluding hydrogens is 244 g/mol. The second-order valence-electron chi connectivity index (χ2n) is 4.11. The number of β-amino-alcohol motifs (C(OH)–C–C–N with tert-alkyl or cyclic N) is 1. The van der Waals surface area contributed by atoms with Crippen LogP contribution < -0.4 is 4.90 Å². The van der Waals surface area contributed by atoms with Crippen molar-refractivity contribution >= 4 is 23.0 Å². The molecule has 1 fully saturated rings. The van der Waals surface area contributed by atoms with Crippen molar-refractivity contribution in [3.8, 4) is 0 Å². The van der Waals surface area contributed by atoms with Gasteiger partial charge >= 0.3 is 5.69 Å². The summed E-state index contributed by atoms with van der Waals surface area (Å²) in [5.41, 5.74) is 0.407. The van der Waals surface area contributed by atoms with Crippen LogP contribution in [0.15, 0.2) is 18.2 Å². The van der Waals surface area contributed by atoms with Gasteiger partial charge in [-0.05, 0) is 25.0 Å². The molecule has 17 heavy (non-hydrogen) atoms. The van der Waals surface area contributed by atoms with Crippen LogP contribution in [0.5, 0.6) is 0 Å². The minimum atomic E-state index is -0.474. The Morgan fingerprint density at radius 2 is 2.29 bits per heavy atom. The minimum Gasteiger partial charge on any atom is -0.391 e. The van der Waals surface area contributed by atoms with Crippen LogP contribution in [-0.4, -0.2) is 29.2 Å². The number of para-hydroxylation sites is 1. The molecule has 0 radical (unpaired) electrons. The van der Waals surface area contributed by atoms with Gasteiger partial charge in [0.25, 0.3) is 0 Å². The molecular formula is C11H13ClN2O3. The van der Waals surface area contributed by atoms with Crippen molar-refractivity contribution in [1.29, 1.82) is 0 Å². The summed E-state index contributed by atoms with van der Waals surface area (Å²) in [6.07, 6.45) is 1.14. The fourth-order valence-electron chi connectivity index (χ4n) is 2.11. The molecule has 0 saturated carbocycles. The minimum absolute atomic E-state index is 0.0803. The van der Waals surface area contributed by atoms with E-state index in [9.17, 15) is 15.2 Å². The van der Waals surface area contributed by atoms with Crippen LogP contribution in [0.2, 0.25) is 5.02 Å². The molecule has 0 bridgehead atoms. The van der Waals surface area contributed by atoms with Gasteiger partial charge in [0.2, 0.25) is 0 Å². The predicted octanol–water partition coefficient (Wildman–Crippen LogP) is 2.21. The SMILES string of the molecule is O=[N+]([O-])c1c(Cl)cccc1N1CCC[C@H](O)C1. The quantitative estimate of drug-likeness (QED) is 0.651. The number of nitro benzene ring substituents is 1. The van der Waals surface area contributed by atoms with Crippen molar-refractivity contribution in [1.82, 2.24) is 0 Å². The molecule has 6 heteroatoms. The summed E-state index contributed by atoms with van der Waals surface area (Å²) in [6, 6.07) is 4.86. The van der Waals surface area contributed by atoms with Gasteiger partial charge in [0.15, 0.2) is 0 Å². The van der Waals surface area contributed by atoms with Gasteiger partial charge in [0.1, 0.15) is 10.7 Å². The number of anilines is 1. The lowest BCUT2D eigenvalue weighted by atomic mass is 10.1. The van der Waals surface area contributed by atoms with Crippen molar-refractivity contribution in [3.63, 3.8) is 0 Å². The summed E-state index contributed by atoms with van der Waals surface area (Å²) < 4.78 is 0. The van der Waals surface area contributed by atoms with Gasteiger partial charge in [0, 0.05) is 13.1 Å². The molecule has 1 aromatic carbocycles. The number of nitro groups is 1. The maximum atomic E-state index is 11.0. The summed E-state index contributed by atoms with van der Waals surface area (Å²) in [6.45, 7) is 1.12. The highest BCUT2D eigenvalue weighted by Gasteiger charge is 2.26. The Labute approximate surface area is 104 Å². The van der Waals surface area contributed by atoms with Crippen LogP contribution >= 0.6 is 11.6 Å². The number of nitrogens with zero attached hydrogens (tertiary/aromatic N) is 2. The molecule has 1 aromatic rings. The predicted molar refractivity (Wildman–Crippen MR) is 65.6 cm³/mol. The molecule has 0 spiro atoms. The first-order chi connectivity index (χ1) is 8.09. The number of halogens is 1. The van der Waals surface area contributed by atoms with Gasteiger partial charge in [-0.15, -0.1) is 0 Å². The largest absolute Gasteiger partial charge is 0.391 e. The number of benzene rings is 1. The first-order valence-electron chi connectivity index (χ1n) is 5.45. The van der Waals surface area contributed by atoms with E-state index in [4.69, 9.17) is 11.6 Å². The highest BCUT2D eigenvalue weighted by atomic mass is 35.5.